The fourth-order valence-corrected chi connectivity index (χ4v) is 3.68. The summed E-state index contributed by atoms with van der Waals surface area (Å²) >= 11 is 0. The highest BCUT2D eigenvalue weighted by atomic mass is 16.4. The summed E-state index contributed by atoms with van der Waals surface area (Å²) in [4.78, 5) is 28.8. The fraction of sp³-hybridized carbons (Fsp3) is 0.333. The van der Waals surface area contributed by atoms with Crippen LogP contribution in [0.4, 0.5) is 16.2 Å². The normalized spacial score (nSPS) is 13.6. The van der Waals surface area contributed by atoms with Crippen LogP contribution in [0.1, 0.15) is 19.2 Å². The van der Waals surface area contributed by atoms with E-state index in [0.717, 1.165) is 18.7 Å². The number of nitrogens with zero attached hydrogens (tertiary/aromatic N) is 4. The first-order valence-corrected chi connectivity index (χ1v) is 11.2. The van der Waals surface area contributed by atoms with Crippen molar-refractivity contribution in [2.24, 2.45) is 0 Å². The van der Waals surface area contributed by atoms with E-state index in [1.807, 2.05) is 30.0 Å². The van der Waals surface area contributed by atoms with Crippen LogP contribution >= 0.6 is 0 Å². The second-order valence-corrected chi connectivity index (χ2v) is 7.77. The lowest BCUT2D eigenvalue weighted by atomic mass is 10.2. The van der Waals surface area contributed by atoms with E-state index in [-0.39, 0.29) is 24.9 Å². The first kappa shape index (κ1) is 22.3. The zero-order valence-corrected chi connectivity index (χ0v) is 18.7. The molecule has 33 heavy (non-hydrogen) atoms. The molecule has 4 rings (SSSR count). The van der Waals surface area contributed by atoms with E-state index in [1.165, 1.54) is 5.69 Å². The lowest BCUT2D eigenvalue weighted by Gasteiger charge is -2.36. The van der Waals surface area contributed by atoms with Gasteiger partial charge in [-0.25, -0.2) is 4.79 Å². The number of benzene rings is 2. The summed E-state index contributed by atoms with van der Waals surface area (Å²) in [6.45, 7) is 5.22. The molecule has 0 aliphatic carbocycles. The van der Waals surface area contributed by atoms with Gasteiger partial charge in [-0.1, -0.05) is 25.1 Å². The Balaban J connectivity index is 1.17. The minimum Gasteiger partial charge on any atom is -0.421 e. The van der Waals surface area contributed by atoms with Crippen LogP contribution < -0.4 is 15.5 Å². The van der Waals surface area contributed by atoms with Gasteiger partial charge in [0.15, 0.2) is 0 Å². The molecule has 1 aromatic heterocycles. The molecule has 3 aromatic rings. The smallest absolute Gasteiger partial charge is 0.319 e. The molecule has 9 nitrogen and oxygen atoms in total. The molecule has 0 saturated carbocycles. The van der Waals surface area contributed by atoms with E-state index >= 15 is 0 Å². The van der Waals surface area contributed by atoms with E-state index in [2.05, 4.69) is 37.9 Å². The Morgan fingerprint density at radius 3 is 2.36 bits per heavy atom. The highest BCUT2D eigenvalue weighted by Gasteiger charge is 2.21. The molecule has 172 valence electrons. The van der Waals surface area contributed by atoms with Gasteiger partial charge >= 0.3 is 6.03 Å². The summed E-state index contributed by atoms with van der Waals surface area (Å²) in [6, 6.07) is 17.0. The third-order valence-electron chi connectivity index (χ3n) is 5.54. The molecule has 1 saturated heterocycles. The summed E-state index contributed by atoms with van der Waals surface area (Å²) in [5, 5.41) is 13.5. The summed E-state index contributed by atoms with van der Waals surface area (Å²) in [5.74, 6) is 1.09. The lowest BCUT2D eigenvalue weighted by molar-refractivity contribution is -0.131. The molecule has 0 atom stereocenters. The topological polar surface area (TPSA) is 104 Å². The van der Waals surface area contributed by atoms with Crippen LogP contribution in [0.2, 0.25) is 0 Å². The minimum absolute atomic E-state index is 0.0540. The first-order chi connectivity index (χ1) is 16.1. The molecular formula is C24H28N6O3. The maximum absolute atomic E-state index is 12.5. The van der Waals surface area contributed by atoms with Gasteiger partial charge in [0.1, 0.15) is 0 Å². The van der Waals surface area contributed by atoms with E-state index in [0.29, 0.717) is 37.0 Å². The standard InChI is InChI=1S/C24H28N6O3/c1-2-21-27-28-23(33-21)18-8-10-19(11-9-18)26-24(32)25-13-12-22(31)30-16-14-29(15-17-30)20-6-4-3-5-7-20/h3-11H,2,12-17H2,1H3,(H2,25,26,32). The number of para-hydroxylation sites is 1. The number of rotatable bonds is 7. The van der Waals surface area contributed by atoms with Crippen molar-refractivity contribution in [2.45, 2.75) is 19.8 Å². The second kappa shape index (κ2) is 10.6. The van der Waals surface area contributed by atoms with Gasteiger partial charge in [0.2, 0.25) is 17.7 Å². The number of hydrogen-bond acceptors (Lipinski definition) is 6. The van der Waals surface area contributed by atoms with Crippen molar-refractivity contribution < 1.29 is 14.0 Å². The molecule has 0 bridgehead atoms. The summed E-state index contributed by atoms with van der Waals surface area (Å²) < 4.78 is 5.53. The van der Waals surface area contributed by atoms with Gasteiger partial charge in [-0.3, -0.25) is 4.79 Å². The van der Waals surface area contributed by atoms with Gasteiger partial charge < -0.3 is 24.9 Å². The van der Waals surface area contributed by atoms with Gasteiger partial charge in [-0.15, -0.1) is 10.2 Å². The third kappa shape index (κ3) is 5.88. The molecule has 2 N–H and O–H groups in total. The van der Waals surface area contributed by atoms with Crippen molar-refractivity contribution in [1.29, 1.82) is 0 Å². The monoisotopic (exact) mass is 448 g/mol. The molecule has 1 aliphatic rings. The molecule has 9 heteroatoms. The number of aryl methyl sites for hydroxylation is 1. The predicted molar refractivity (Wildman–Crippen MR) is 126 cm³/mol. The average Bonchev–Trinajstić information content (AvgIpc) is 3.34. The number of aromatic nitrogens is 2. The number of hydrogen-bond donors (Lipinski definition) is 2. The van der Waals surface area contributed by atoms with Crippen molar-refractivity contribution in [2.75, 3.05) is 42.9 Å². The molecule has 0 radical (unpaired) electrons. The van der Waals surface area contributed by atoms with Gasteiger partial charge in [0, 0.05) is 62.5 Å². The van der Waals surface area contributed by atoms with Gasteiger partial charge in [0.25, 0.3) is 0 Å². The Hall–Kier alpha value is -3.88. The Kier molecular flexibility index (Phi) is 7.19. The maximum atomic E-state index is 12.5. The minimum atomic E-state index is -0.351. The second-order valence-electron chi connectivity index (χ2n) is 7.77. The van der Waals surface area contributed by atoms with Crippen LogP contribution in [0.15, 0.2) is 59.0 Å². The summed E-state index contributed by atoms with van der Waals surface area (Å²) in [7, 11) is 0. The van der Waals surface area contributed by atoms with Crippen molar-refractivity contribution in [1.82, 2.24) is 20.4 Å². The fourth-order valence-electron chi connectivity index (χ4n) is 3.68. The first-order valence-electron chi connectivity index (χ1n) is 11.2. The van der Waals surface area contributed by atoms with Crippen LogP contribution in [0, 0.1) is 0 Å². The molecule has 3 amide bonds. The number of carbonyl (C=O) groups excluding carboxylic acids is 2. The Bertz CT molecular complexity index is 1060. The van der Waals surface area contributed by atoms with Gasteiger partial charge in [0.05, 0.1) is 0 Å². The largest absolute Gasteiger partial charge is 0.421 e. The van der Waals surface area contributed by atoms with Crippen LogP contribution in [-0.4, -0.2) is 59.8 Å². The number of anilines is 2. The highest BCUT2D eigenvalue weighted by molar-refractivity contribution is 5.89. The Morgan fingerprint density at radius 1 is 0.970 bits per heavy atom. The van der Waals surface area contributed by atoms with Crippen molar-refractivity contribution in [3.63, 3.8) is 0 Å². The number of nitrogens with one attached hydrogen (secondary N) is 2. The molecule has 0 unspecified atom stereocenters. The zero-order valence-electron chi connectivity index (χ0n) is 18.7. The zero-order chi connectivity index (χ0) is 23.0. The maximum Gasteiger partial charge on any atom is 0.319 e. The number of carbonyl (C=O) groups is 2. The number of amides is 3. The van der Waals surface area contributed by atoms with Crippen LogP contribution in [-0.2, 0) is 11.2 Å². The summed E-state index contributed by atoms with van der Waals surface area (Å²) in [6.07, 6.45) is 0.952. The van der Waals surface area contributed by atoms with Crippen LogP contribution in [0.3, 0.4) is 0 Å². The Labute approximate surface area is 192 Å². The number of piperazine rings is 1. The van der Waals surface area contributed by atoms with Crippen molar-refractivity contribution in [3.8, 4) is 11.5 Å². The van der Waals surface area contributed by atoms with E-state index < -0.39 is 0 Å². The van der Waals surface area contributed by atoms with E-state index in [4.69, 9.17) is 4.42 Å². The molecule has 2 aromatic carbocycles. The molecule has 2 heterocycles. The molecule has 0 spiro atoms. The van der Waals surface area contributed by atoms with E-state index in [9.17, 15) is 9.59 Å². The van der Waals surface area contributed by atoms with Crippen molar-refractivity contribution >= 4 is 23.3 Å². The summed E-state index contributed by atoms with van der Waals surface area (Å²) in [5.41, 5.74) is 2.60. The number of urea groups is 1. The van der Waals surface area contributed by atoms with Crippen LogP contribution in [0.25, 0.3) is 11.5 Å². The average molecular weight is 449 g/mol. The molecule has 1 aliphatic heterocycles. The van der Waals surface area contributed by atoms with Crippen LogP contribution in [0.5, 0.6) is 0 Å². The van der Waals surface area contributed by atoms with Gasteiger partial charge in [-0.05, 0) is 36.4 Å². The quantitative estimate of drug-likeness (QED) is 0.576. The van der Waals surface area contributed by atoms with Crippen molar-refractivity contribution in [3.05, 3.63) is 60.5 Å². The SMILES string of the molecule is CCc1nnc(-c2ccc(NC(=O)NCCC(=O)N3CCN(c4ccccc4)CC3)cc2)o1. The third-order valence-corrected chi connectivity index (χ3v) is 5.54. The predicted octanol–water partition coefficient (Wildman–Crippen LogP) is 3.16. The Morgan fingerprint density at radius 2 is 1.70 bits per heavy atom. The lowest BCUT2D eigenvalue weighted by Crippen LogP contribution is -2.49. The highest BCUT2D eigenvalue weighted by Crippen LogP contribution is 2.20. The molecule has 1 fully saturated rings. The molecular weight excluding hydrogens is 420 g/mol. The van der Waals surface area contributed by atoms with Gasteiger partial charge in [-0.2, -0.15) is 0 Å². The van der Waals surface area contributed by atoms with E-state index in [1.54, 1.807) is 24.3 Å².